The van der Waals surface area contributed by atoms with Gasteiger partial charge in [0.2, 0.25) is 5.91 Å². The molecule has 0 unspecified atom stereocenters. The van der Waals surface area contributed by atoms with Gasteiger partial charge in [-0.2, -0.15) is 0 Å². The summed E-state index contributed by atoms with van der Waals surface area (Å²) in [4.78, 5) is 16.0. The number of aromatic nitrogens is 1. The smallest absolute Gasteiger partial charge is 0.223 e. The van der Waals surface area contributed by atoms with Gasteiger partial charge in [-0.05, 0) is 37.0 Å². The molecule has 4 heteroatoms. The van der Waals surface area contributed by atoms with Crippen LogP contribution in [0.1, 0.15) is 31.2 Å². The Morgan fingerprint density at radius 1 is 1.37 bits per heavy atom. The van der Waals surface area contributed by atoms with Crippen LogP contribution in [0.5, 0.6) is 0 Å². The van der Waals surface area contributed by atoms with Crippen molar-refractivity contribution in [3.63, 3.8) is 0 Å². The highest BCUT2D eigenvalue weighted by Gasteiger charge is 2.21. The van der Waals surface area contributed by atoms with Crippen LogP contribution in [0.4, 0.5) is 0 Å². The van der Waals surface area contributed by atoms with E-state index in [-0.39, 0.29) is 11.8 Å². The molecule has 1 heterocycles. The number of hydrogen-bond donors (Lipinski definition) is 1. The van der Waals surface area contributed by atoms with E-state index < -0.39 is 0 Å². The molecular weight excluding hydrogens is 240 g/mol. The average Bonchev–Trinajstić information content (AvgIpc) is 3.09. The van der Waals surface area contributed by atoms with Crippen LogP contribution < -0.4 is 5.32 Å². The van der Waals surface area contributed by atoms with Gasteiger partial charge in [-0.3, -0.25) is 4.79 Å². The van der Waals surface area contributed by atoms with Crippen LogP contribution in [-0.4, -0.2) is 17.4 Å². The van der Waals surface area contributed by atoms with Crippen LogP contribution in [0.25, 0.3) is 11.1 Å². The van der Waals surface area contributed by atoms with Crippen molar-refractivity contribution in [2.24, 2.45) is 5.92 Å². The molecule has 1 aromatic heterocycles. The zero-order valence-electron chi connectivity index (χ0n) is 10.9. The number of fused-ring (bicyclic) bond motifs is 1. The summed E-state index contributed by atoms with van der Waals surface area (Å²) in [6, 6.07) is 5.96. The summed E-state index contributed by atoms with van der Waals surface area (Å²) in [5.74, 6) is 0.470. The van der Waals surface area contributed by atoms with E-state index in [1.807, 2.05) is 18.2 Å². The molecule has 4 nitrogen and oxygen atoms in total. The third-order valence-corrected chi connectivity index (χ3v) is 3.83. The highest BCUT2D eigenvalue weighted by Crippen LogP contribution is 2.24. The van der Waals surface area contributed by atoms with E-state index in [1.165, 1.54) is 24.8 Å². The van der Waals surface area contributed by atoms with E-state index in [0.29, 0.717) is 6.54 Å². The van der Waals surface area contributed by atoms with Gasteiger partial charge in [0.05, 0.1) is 0 Å². The molecular formula is C15H18N2O2. The first-order valence-electron chi connectivity index (χ1n) is 6.93. The standard InChI is InChI=1S/C15H18N2O2/c18-15(12-3-1-2-4-12)16-8-7-11-5-6-14-13(9-11)17-10-19-14/h5-6,9-10,12H,1-4,7-8H2,(H,16,18). The van der Waals surface area contributed by atoms with Crippen LogP contribution in [0.2, 0.25) is 0 Å². The predicted molar refractivity (Wildman–Crippen MR) is 72.7 cm³/mol. The second-order valence-electron chi connectivity index (χ2n) is 5.18. The lowest BCUT2D eigenvalue weighted by Gasteiger charge is -2.10. The number of oxazole rings is 1. The summed E-state index contributed by atoms with van der Waals surface area (Å²) < 4.78 is 5.20. The number of hydrogen-bond acceptors (Lipinski definition) is 3. The van der Waals surface area contributed by atoms with Crippen molar-refractivity contribution in [1.82, 2.24) is 10.3 Å². The van der Waals surface area contributed by atoms with E-state index in [4.69, 9.17) is 4.42 Å². The zero-order valence-corrected chi connectivity index (χ0v) is 10.9. The maximum Gasteiger partial charge on any atom is 0.223 e. The fraction of sp³-hybridized carbons (Fsp3) is 0.467. The summed E-state index contributed by atoms with van der Waals surface area (Å²) in [5, 5.41) is 3.03. The summed E-state index contributed by atoms with van der Waals surface area (Å²) in [6.07, 6.45) is 6.78. The maximum atomic E-state index is 11.9. The number of nitrogens with zero attached hydrogens (tertiary/aromatic N) is 1. The Labute approximate surface area is 112 Å². The molecule has 1 N–H and O–H groups in total. The number of rotatable bonds is 4. The summed E-state index contributed by atoms with van der Waals surface area (Å²) in [6.45, 7) is 0.693. The van der Waals surface area contributed by atoms with Gasteiger partial charge in [-0.25, -0.2) is 4.98 Å². The van der Waals surface area contributed by atoms with E-state index in [0.717, 1.165) is 30.4 Å². The summed E-state index contributed by atoms with van der Waals surface area (Å²) >= 11 is 0. The van der Waals surface area contributed by atoms with Gasteiger partial charge in [-0.15, -0.1) is 0 Å². The lowest BCUT2D eigenvalue weighted by Crippen LogP contribution is -2.30. The fourth-order valence-corrected chi connectivity index (χ4v) is 2.72. The van der Waals surface area contributed by atoms with Gasteiger partial charge in [0.1, 0.15) is 5.52 Å². The summed E-state index contributed by atoms with van der Waals surface area (Å²) in [7, 11) is 0. The minimum absolute atomic E-state index is 0.222. The third kappa shape index (κ3) is 2.78. The van der Waals surface area contributed by atoms with Gasteiger partial charge in [0, 0.05) is 12.5 Å². The van der Waals surface area contributed by atoms with Gasteiger partial charge in [0.15, 0.2) is 12.0 Å². The molecule has 3 rings (SSSR count). The van der Waals surface area contributed by atoms with E-state index in [2.05, 4.69) is 10.3 Å². The molecule has 0 atom stereocenters. The Hall–Kier alpha value is -1.84. The molecule has 0 radical (unpaired) electrons. The monoisotopic (exact) mass is 258 g/mol. The lowest BCUT2D eigenvalue weighted by molar-refractivity contribution is -0.124. The molecule has 100 valence electrons. The first-order chi connectivity index (χ1) is 9.33. The van der Waals surface area contributed by atoms with Crippen LogP contribution in [-0.2, 0) is 11.2 Å². The van der Waals surface area contributed by atoms with Crippen molar-refractivity contribution in [2.75, 3.05) is 6.54 Å². The molecule has 1 fully saturated rings. The third-order valence-electron chi connectivity index (χ3n) is 3.83. The van der Waals surface area contributed by atoms with Crippen LogP contribution in [0.15, 0.2) is 29.0 Å². The molecule has 19 heavy (non-hydrogen) atoms. The highest BCUT2D eigenvalue weighted by atomic mass is 16.3. The molecule has 0 spiro atoms. The van der Waals surface area contributed by atoms with Gasteiger partial charge in [0.25, 0.3) is 0 Å². The number of carbonyl (C=O) groups excluding carboxylic acids is 1. The number of benzene rings is 1. The van der Waals surface area contributed by atoms with E-state index in [1.54, 1.807) is 0 Å². The largest absolute Gasteiger partial charge is 0.443 e. The van der Waals surface area contributed by atoms with Crippen LogP contribution >= 0.6 is 0 Å². The molecule has 1 aliphatic carbocycles. The number of carbonyl (C=O) groups is 1. The minimum atomic E-state index is 0.222. The Morgan fingerprint density at radius 2 is 2.21 bits per heavy atom. The normalized spacial score (nSPS) is 16.0. The van der Waals surface area contributed by atoms with Crippen molar-refractivity contribution in [1.29, 1.82) is 0 Å². The van der Waals surface area contributed by atoms with E-state index >= 15 is 0 Å². The topological polar surface area (TPSA) is 55.1 Å². The summed E-state index contributed by atoms with van der Waals surface area (Å²) in [5.41, 5.74) is 2.85. The number of nitrogens with one attached hydrogen (secondary N) is 1. The van der Waals surface area contributed by atoms with Crippen molar-refractivity contribution in [3.8, 4) is 0 Å². The quantitative estimate of drug-likeness (QED) is 0.917. The van der Waals surface area contributed by atoms with Crippen LogP contribution in [0, 0.1) is 5.92 Å². The molecule has 1 aliphatic rings. The SMILES string of the molecule is O=C(NCCc1ccc2ocnc2c1)C1CCCC1. The number of amides is 1. The predicted octanol–water partition coefficient (Wildman–Crippen LogP) is 2.68. The maximum absolute atomic E-state index is 11.9. The van der Waals surface area contributed by atoms with E-state index in [9.17, 15) is 4.79 Å². The first kappa shape index (κ1) is 12.2. The molecule has 1 aromatic carbocycles. The molecule has 0 aliphatic heterocycles. The molecule has 0 saturated heterocycles. The van der Waals surface area contributed by atoms with Crippen LogP contribution in [0.3, 0.4) is 0 Å². The molecule has 1 amide bonds. The highest BCUT2D eigenvalue weighted by molar-refractivity contribution is 5.78. The van der Waals surface area contributed by atoms with Crippen molar-refractivity contribution in [2.45, 2.75) is 32.1 Å². The van der Waals surface area contributed by atoms with Crippen molar-refractivity contribution in [3.05, 3.63) is 30.2 Å². The lowest BCUT2D eigenvalue weighted by atomic mass is 10.1. The van der Waals surface area contributed by atoms with Gasteiger partial charge in [-0.1, -0.05) is 18.9 Å². The Bertz CT molecular complexity index is 570. The Balaban J connectivity index is 1.52. The Kier molecular flexibility index (Phi) is 3.49. The van der Waals surface area contributed by atoms with Gasteiger partial charge >= 0.3 is 0 Å². The fourth-order valence-electron chi connectivity index (χ4n) is 2.72. The second kappa shape index (κ2) is 5.43. The zero-order chi connectivity index (χ0) is 13.1. The Morgan fingerprint density at radius 3 is 3.05 bits per heavy atom. The average molecular weight is 258 g/mol. The molecule has 0 bridgehead atoms. The van der Waals surface area contributed by atoms with Gasteiger partial charge < -0.3 is 9.73 Å². The van der Waals surface area contributed by atoms with Crippen molar-refractivity contribution < 1.29 is 9.21 Å². The second-order valence-corrected chi connectivity index (χ2v) is 5.18. The first-order valence-corrected chi connectivity index (χ1v) is 6.93. The molecule has 2 aromatic rings. The minimum Gasteiger partial charge on any atom is -0.443 e. The van der Waals surface area contributed by atoms with Crippen molar-refractivity contribution >= 4 is 17.0 Å². The molecule has 1 saturated carbocycles.